The van der Waals surface area contributed by atoms with Crippen molar-refractivity contribution in [3.8, 4) is 5.75 Å². The molecule has 0 amide bonds. The molecule has 2 unspecified atom stereocenters. The summed E-state index contributed by atoms with van der Waals surface area (Å²) in [7, 11) is 0. The predicted molar refractivity (Wildman–Crippen MR) is 64.8 cm³/mol. The molecule has 16 heavy (non-hydrogen) atoms. The number of ether oxygens (including phenoxy) is 1. The molecule has 0 aliphatic carbocycles. The summed E-state index contributed by atoms with van der Waals surface area (Å²) in [6.45, 7) is 3.30. The summed E-state index contributed by atoms with van der Waals surface area (Å²) in [4.78, 5) is 0. The molecule has 3 rings (SSSR count). The van der Waals surface area contributed by atoms with Crippen LogP contribution in [0.15, 0.2) is 18.2 Å². The van der Waals surface area contributed by atoms with Crippen LogP contribution in [0.25, 0.3) is 0 Å². The normalized spacial score (nSPS) is 28.6. The number of hydrogen-bond donors (Lipinski definition) is 1. The Kier molecular flexibility index (Phi) is 2.60. The standard InChI is InChI=1S/C14H19NO/c1-10-8-12-9-11(5-6-14(12)16-10)13-4-2-3-7-15-13/h5-6,9-10,13,15H,2-4,7-8H2,1H3. The van der Waals surface area contributed by atoms with Crippen LogP contribution in [0, 0.1) is 0 Å². The van der Waals surface area contributed by atoms with Gasteiger partial charge in [0, 0.05) is 12.5 Å². The van der Waals surface area contributed by atoms with Crippen molar-refractivity contribution in [2.75, 3.05) is 6.54 Å². The molecule has 2 aliphatic heterocycles. The molecule has 1 aromatic rings. The largest absolute Gasteiger partial charge is 0.490 e. The van der Waals surface area contributed by atoms with E-state index in [9.17, 15) is 0 Å². The fourth-order valence-electron chi connectivity index (χ4n) is 2.80. The summed E-state index contributed by atoms with van der Waals surface area (Å²) in [5, 5.41) is 3.60. The van der Waals surface area contributed by atoms with Gasteiger partial charge >= 0.3 is 0 Å². The van der Waals surface area contributed by atoms with Crippen LogP contribution in [0.4, 0.5) is 0 Å². The van der Waals surface area contributed by atoms with E-state index >= 15 is 0 Å². The molecule has 1 saturated heterocycles. The van der Waals surface area contributed by atoms with Gasteiger partial charge in [-0.3, -0.25) is 0 Å². The van der Waals surface area contributed by atoms with Crippen LogP contribution in [0.3, 0.4) is 0 Å². The van der Waals surface area contributed by atoms with Crippen molar-refractivity contribution in [3.05, 3.63) is 29.3 Å². The molecule has 1 N–H and O–H groups in total. The second-order valence-corrected chi connectivity index (χ2v) is 5.00. The van der Waals surface area contributed by atoms with E-state index in [0.717, 1.165) is 18.7 Å². The highest BCUT2D eigenvalue weighted by molar-refractivity contribution is 5.41. The van der Waals surface area contributed by atoms with Crippen molar-refractivity contribution in [1.29, 1.82) is 0 Å². The van der Waals surface area contributed by atoms with E-state index in [4.69, 9.17) is 4.74 Å². The Labute approximate surface area is 97.0 Å². The Balaban J connectivity index is 1.84. The van der Waals surface area contributed by atoms with Gasteiger partial charge < -0.3 is 10.1 Å². The van der Waals surface area contributed by atoms with Crippen LogP contribution in [-0.4, -0.2) is 12.6 Å². The first-order valence-electron chi connectivity index (χ1n) is 6.36. The lowest BCUT2D eigenvalue weighted by Gasteiger charge is -2.24. The molecule has 1 aromatic carbocycles. The van der Waals surface area contributed by atoms with E-state index < -0.39 is 0 Å². The van der Waals surface area contributed by atoms with Gasteiger partial charge in [-0.1, -0.05) is 18.6 Å². The van der Waals surface area contributed by atoms with Crippen LogP contribution < -0.4 is 10.1 Å². The maximum absolute atomic E-state index is 5.73. The maximum atomic E-state index is 5.73. The van der Waals surface area contributed by atoms with Crippen LogP contribution >= 0.6 is 0 Å². The van der Waals surface area contributed by atoms with E-state index in [1.807, 2.05) is 0 Å². The molecule has 0 radical (unpaired) electrons. The first kappa shape index (κ1) is 10.2. The van der Waals surface area contributed by atoms with Crippen LogP contribution in [-0.2, 0) is 6.42 Å². The van der Waals surface area contributed by atoms with Crippen molar-refractivity contribution in [1.82, 2.24) is 5.32 Å². The van der Waals surface area contributed by atoms with E-state index in [0.29, 0.717) is 12.1 Å². The number of benzene rings is 1. The Morgan fingerprint density at radius 1 is 1.31 bits per heavy atom. The zero-order valence-electron chi connectivity index (χ0n) is 9.83. The molecule has 0 saturated carbocycles. The van der Waals surface area contributed by atoms with E-state index in [1.165, 1.54) is 30.4 Å². The van der Waals surface area contributed by atoms with Gasteiger partial charge in [-0.2, -0.15) is 0 Å². The van der Waals surface area contributed by atoms with Gasteiger partial charge in [-0.25, -0.2) is 0 Å². The van der Waals surface area contributed by atoms with Crippen molar-refractivity contribution in [2.24, 2.45) is 0 Å². The van der Waals surface area contributed by atoms with E-state index in [-0.39, 0.29) is 0 Å². The number of fused-ring (bicyclic) bond motifs is 1. The lowest BCUT2D eigenvalue weighted by molar-refractivity contribution is 0.254. The van der Waals surface area contributed by atoms with Gasteiger partial charge in [0.05, 0.1) is 0 Å². The molecular formula is C14H19NO. The van der Waals surface area contributed by atoms with Gasteiger partial charge in [0.15, 0.2) is 0 Å². The van der Waals surface area contributed by atoms with Crippen LogP contribution in [0.1, 0.15) is 43.4 Å². The van der Waals surface area contributed by atoms with Gasteiger partial charge in [-0.05, 0) is 43.5 Å². The van der Waals surface area contributed by atoms with Gasteiger partial charge in [0.25, 0.3) is 0 Å². The number of nitrogens with one attached hydrogen (secondary N) is 1. The lowest BCUT2D eigenvalue weighted by Crippen LogP contribution is -2.26. The molecule has 0 bridgehead atoms. The Bertz CT molecular complexity index is 382. The minimum Gasteiger partial charge on any atom is -0.490 e. The average molecular weight is 217 g/mol. The van der Waals surface area contributed by atoms with Gasteiger partial charge in [-0.15, -0.1) is 0 Å². The second-order valence-electron chi connectivity index (χ2n) is 5.00. The first-order chi connectivity index (χ1) is 7.83. The fourth-order valence-corrected chi connectivity index (χ4v) is 2.80. The summed E-state index contributed by atoms with van der Waals surface area (Å²) >= 11 is 0. The second kappa shape index (κ2) is 4.10. The predicted octanol–water partition coefficient (Wildman–Crippen LogP) is 2.82. The van der Waals surface area contributed by atoms with Crippen LogP contribution in [0.5, 0.6) is 5.75 Å². The molecular weight excluding hydrogens is 198 g/mol. The molecule has 2 atom stereocenters. The van der Waals surface area contributed by atoms with Crippen LogP contribution in [0.2, 0.25) is 0 Å². The lowest BCUT2D eigenvalue weighted by atomic mass is 9.95. The van der Waals surface area contributed by atoms with Crippen molar-refractivity contribution in [3.63, 3.8) is 0 Å². The zero-order chi connectivity index (χ0) is 11.0. The Hall–Kier alpha value is -1.02. The highest BCUT2D eigenvalue weighted by Gasteiger charge is 2.21. The SMILES string of the molecule is CC1Cc2cc(C3CCCCN3)ccc2O1. The Morgan fingerprint density at radius 3 is 3.06 bits per heavy atom. The average Bonchev–Trinajstić information content (AvgIpc) is 2.69. The van der Waals surface area contributed by atoms with Crippen molar-refractivity contribution < 1.29 is 4.74 Å². The highest BCUT2D eigenvalue weighted by Crippen LogP contribution is 2.32. The van der Waals surface area contributed by atoms with E-state index in [2.05, 4.69) is 30.4 Å². The minimum absolute atomic E-state index is 0.351. The minimum atomic E-state index is 0.351. The molecule has 2 heteroatoms. The maximum Gasteiger partial charge on any atom is 0.123 e. The van der Waals surface area contributed by atoms with Gasteiger partial charge in [0.1, 0.15) is 11.9 Å². The molecule has 0 spiro atoms. The third-order valence-corrected chi connectivity index (χ3v) is 3.63. The monoisotopic (exact) mass is 217 g/mol. The van der Waals surface area contributed by atoms with Gasteiger partial charge in [0.2, 0.25) is 0 Å². The smallest absolute Gasteiger partial charge is 0.123 e. The van der Waals surface area contributed by atoms with Crippen molar-refractivity contribution >= 4 is 0 Å². The molecule has 2 nitrogen and oxygen atoms in total. The zero-order valence-corrected chi connectivity index (χ0v) is 9.83. The summed E-state index contributed by atoms with van der Waals surface area (Å²) in [6.07, 6.45) is 5.36. The fraction of sp³-hybridized carbons (Fsp3) is 0.571. The summed E-state index contributed by atoms with van der Waals surface area (Å²) < 4.78 is 5.73. The first-order valence-corrected chi connectivity index (χ1v) is 6.36. The number of piperidine rings is 1. The number of hydrogen-bond acceptors (Lipinski definition) is 2. The highest BCUT2D eigenvalue weighted by atomic mass is 16.5. The summed E-state index contributed by atoms with van der Waals surface area (Å²) in [5.41, 5.74) is 2.83. The molecule has 86 valence electrons. The van der Waals surface area contributed by atoms with E-state index in [1.54, 1.807) is 0 Å². The topological polar surface area (TPSA) is 21.3 Å². The summed E-state index contributed by atoms with van der Waals surface area (Å²) in [6, 6.07) is 7.27. The Morgan fingerprint density at radius 2 is 2.25 bits per heavy atom. The third-order valence-electron chi connectivity index (χ3n) is 3.63. The third kappa shape index (κ3) is 1.82. The summed E-state index contributed by atoms with van der Waals surface area (Å²) in [5.74, 6) is 1.09. The molecule has 2 heterocycles. The quantitative estimate of drug-likeness (QED) is 0.781. The number of rotatable bonds is 1. The molecule has 0 aromatic heterocycles. The molecule has 1 fully saturated rings. The molecule has 2 aliphatic rings. The van der Waals surface area contributed by atoms with Crippen molar-refractivity contribution in [2.45, 2.75) is 44.8 Å².